The normalized spacial score (nSPS) is 12.6. The van der Waals surface area contributed by atoms with Crippen LogP contribution in [0.3, 0.4) is 0 Å². The van der Waals surface area contributed by atoms with Gasteiger partial charge in [0.2, 0.25) is 0 Å². The smallest absolute Gasteiger partial charge is 0.179 e. The summed E-state index contributed by atoms with van der Waals surface area (Å²) in [6, 6.07) is 3.88. The molecule has 96 valence electrons. The summed E-state index contributed by atoms with van der Waals surface area (Å²) >= 11 is 6.28. The fourth-order valence-electron chi connectivity index (χ4n) is 1.58. The minimum atomic E-state index is 0.0885. The molecular formula is C13H20ClNO2. The van der Waals surface area contributed by atoms with Crippen LogP contribution in [0.15, 0.2) is 12.1 Å². The second-order valence-electron chi connectivity index (χ2n) is 4.39. The third kappa shape index (κ3) is 3.27. The highest BCUT2D eigenvalue weighted by molar-refractivity contribution is 6.33. The van der Waals surface area contributed by atoms with Crippen LogP contribution in [0, 0.1) is 5.92 Å². The molecule has 0 heterocycles. The van der Waals surface area contributed by atoms with E-state index in [9.17, 15) is 0 Å². The number of nitrogens with two attached hydrogens (primary N) is 1. The summed E-state index contributed by atoms with van der Waals surface area (Å²) in [7, 11) is 3.17. The Morgan fingerprint density at radius 1 is 1.24 bits per heavy atom. The Bertz CT molecular complexity index is 380. The summed E-state index contributed by atoms with van der Waals surface area (Å²) in [5, 5.41) is 0.586. The molecule has 1 rings (SSSR count). The number of halogens is 1. The molecule has 0 radical (unpaired) electrons. The van der Waals surface area contributed by atoms with Crippen molar-refractivity contribution in [3.8, 4) is 11.5 Å². The van der Waals surface area contributed by atoms with Crippen LogP contribution in [0.1, 0.15) is 19.4 Å². The Balaban J connectivity index is 3.02. The first-order valence-corrected chi connectivity index (χ1v) is 6.04. The van der Waals surface area contributed by atoms with E-state index in [0.29, 0.717) is 22.4 Å². The topological polar surface area (TPSA) is 44.5 Å². The number of benzene rings is 1. The molecule has 4 heteroatoms. The van der Waals surface area contributed by atoms with Crippen molar-refractivity contribution in [3.05, 3.63) is 22.7 Å². The number of rotatable bonds is 5. The molecule has 17 heavy (non-hydrogen) atoms. The molecule has 0 aromatic heterocycles. The lowest BCUT2D eigenvalue weighted by Crippen LogP contribution is -2.28. The molecule has 0 amide bonds. The zero-order valence-corrected chi connectivity index (χ0v) is 11.5. The van der Waals surface area contributed by atoms with Gasteiger partial charge in [0, 0.05) is 6.04 Å². The van der Waals surface area contributed by atoms with Gasteiger partial charge in [0.15, 0.2) is 11.5 Å². The lowest BCUT2D eigenvalue weighted by Gasteiger charge is -2.18. The molecule has 3 nitrogen and oxygen atoms in total. The average Bonchev–Trinajstić information content (AvgIpc) is 2.31. The Kier molecular flexibility index (Phi) is 5.09. The Morgan fingerprint density at radius 2 is 1.88 bits per heavy atom. The number of ether oxygens (including phenoxy) is 2. The number of methoxy groups -OCH3 is 2. The van der Waals surface area contributed by atoms with Gasteiger partial charge in [-0.3, -0.25) is 0 Å². The van der Waals surface area contributed by atoms with Crippen molar-refractivity contribution in [2.45, 2.75) is 26.3 Å². The molecule has 1 atom stereocenters. The van der Waals surface area contributed by atoms with E-state index in [4.69, 9.17) is 26.8 Å². The van der Waals surface area contributed by atoms with E-state index in [0.717, 1.165) is 12.0 Å². The highest BCUT2D eigenvalue weighted by Gasteiger charge is 2.16. The maximum absolute atomic E-state index is 6.28. The van der Waals surface area contributed by atoms with Gasteiger partial charge in [-0.15, -0.1) is 0 Å². The van der Waals surface area contributed by atoms with Crippen LogP contribution < -0.4 is 15.2 Å². The second kappa shape index (κ2) is 6.12. The first kappa shape index (κ1) is 14.1. The summed E-state index contributed by atoms with van der Waals surface area (Å²) in [6.07, 6.45) is 0.733. The minimum Gasteiger partial charge on any atom is -0.493 e. The van der Waals surface area contributed by atoms with Crippen LogP contribution in [-0.4, -0.2) is 20.3 Å². The van der Waals surface area contributed by atoms with Crippen molar-refractivity contribution in [1.29, 1.82) is 0 Å². The van der Waals surface area contributed by atoms with Crippen molar-refractivity contribution in [2.24, 2.45) is 11.7 Å². The molecule has 0 aliphatic rings. The molecule has 1 aromatic carbocycles. The van der Waals surface area contributed by atoms with Crippen molar-refractivity contribution < 1.29 is 9.47 Å². The van der Waals surface area contributed by atoms with Crippen LogP contribution >= 0.6 is 11.6 Å². The van der Waals surface area contributed by atoms with Crippen LogP contribution in [-0.2, 0) is 6.42 Å². The predicted molar refractivity (Wildman–Crippen MR) is 71.1 cm³/mol. The minimum absolute atomic E-state index is 0.0885. The highest BCUT2D eigenvalue weighted by atomic mass is 35.5. The lowest BCUT2D eigenvalue weighted by molar-refractivity contribution is 0.354. The molecule has 0 aliphatic carbocycles. The lowest BCUT2D eigenvalue weighted by atomic mass is 9.97. The third-order valence-electron chi connectivity index (χ3n) is 2.88. The molecule has 0 saturated carbocycles. The highest BCUT2D eigenvalue weighted by Crippen LogP contribution is 2.37. The molecule has 0 fully saturated rings. The zero-order valence-electron chi connectivity index (χ0n) is 10.8. The van der Waals surface area contributed by atoms with E-state index in [-0.39, 0.29) is 6.04 Å². The van der Waals surface area contributed by atoms with Crippen molar-refractivity contribution in [2.75, 3.05) is 14.2 Å². The van der Waals surface area contributed by atoms with E-state index >= 15 is 0 Å². The molecule has 1 unspecified atom stereocenters. The number of hydrogen-bond donors (Lipinski definition) is 1. The predicted octanol–water partition coefficient (Wildman–Crippen LogP) is 2.88. The second-order valence-corrected chi connectivity index (χ2v) is 4.76. The van der Waals surface area contributed by atoms with Gasteiger partial charge >= 0.3 is 0 Å². The first-order valence-electron chi connectivity index (χ1n) is 5.66. The van der Waals surface area contributed by atoms with E-state index in [1.807, 2.05) is 12.1 Å². The van der Waals surface area contributed by atoms with Crippen LogP contribution in [0.25, 0.3) is 0 Å². The van der Waals surface area contributed by atoms with E-state index < -0.39 is 0 Å². The standard InChI is InChI=1S/C13H20ClNO2/c1-8(2)10(15)7-9-5-6-11(16-3)13(17-4)12(9)14/h5-6,8,10H,7,15H2,1-4H3. The number of hydrogen-bond acceptors (Lipinski definition) is 3. The molecular weight excluding hydrogens is 238 g/mol. The zero-order chi connectivity index (χ0) is 13.0. The van der Waals surface area contributed by atoms with Gasteiger partial charge in [-0.2, -0.15) is 0 Å². The summed E-state index contributed by atoms with van der Waals surface area (Å²) in [6.45, 7) is 4.19. The molecule has 1 aromatic rings. The Hall–Kier alpha value is -0.930. The van der Waals surface area contributed by atoms with E-state index in [1.165, 1.54) is 0 Å². The molecule has 0 aliphatic heterocycles. The van der Waals surface area contributed by atoms with Gasteiger partial charge in [-0.1, -0.05) is 31.5 Å². The Labute approximate surface area is 108 Å². The molecule has 2 N–H and O–H groups in total. The largest absolute Gasteiger partial charge is 0.493 e. The van der Waals surface area contributed by atoms with Crippen LogP contribution in [0.2, 0.25) is 5.02 Å². The van der Waals surface area contributed by atoms with Gasteiger partial charge in [0.25, 0.3) is 0 Å². The van der Waals surface area contributed by atoms with Crippen molar-refractivity contribution >= 4 is 11.6 Å². The summed E-state index contributed by atoms with van der Waals surface area (Å²) in [5.74, 6) is 1.63. The summed E-state index contributed by atoms with van der Waals surface area (Å²) in [4.78, 5) is 0. The SMILES string of the molecule is COc1ccc(CC(N)C(C)C)c(Cl)c1OC. The van der Waals surface area contributed by atoms with Gasteiger partial charge in [-0.25, -0.2) is 0 Å². The molecule has 0 saturated heterocycles. The van der Waals surface area contributed by atoms with Crippen LogP contribution in [0.4, 0.5) is 0 Å². The summed E-state index contributed by atoms with van der Waals surface area (Å²) < 4.78 is 10.4. The van der Waals surface area contributed by atoms with Crippen LogP contribution in [0.5, 0.6) is 11.5 Å². The summed E-state index contributed by atoms with van der Waals surface area (Å²) in [5.41, 5.74) is 7.04. The van der Waals surface area contributed by atoms with Gasteiger partial charge < -0.3 is 15.2 Å². The van der Waals surface area contributed by atoms with Gasteiger partial charge in [0.05, 0.1) is 19.2 Å². The molecule has 0 spiro atoms. The van der Waals surface area contributed by atoms with Crippen molar-refractivity contribution in [1.82, 2.24) is 0 Å². The van der Waals surface area contributed by atoms with E-state index in [2.05, 4.69) is 13.8 Å². The van der Waals surface area contributed by atoms with Crippen molar-refractivity contribution in [3.63, 3.8) is 0 Å². The monoisotopic (exact) mass is 257 g/mol. The fourth-order valence-corrected chi connectivity index (χ4v) is 1.89. The first-order chi connectivity index (χ1) is 8.01. The molecule has 0 bridgehead atoms. The Morgan fingerprint density at radius 3 is 2.35 bits per heavy atom. The third-order valence-corrected chi connectivity index (χ3v) is 3.29. The van der Waals surface area contributed by atoms with Gasteiger partial charge in [0.1, 0.15) is 0 Å². The average molecular weight is 258 g/mol. The fraction of sp³-hybridized carbons (Fsp3) is 0.538. The maximum Gasteiger partial charge on any atom is 0.179 e. The van der Waals surface area contributed by atoms with Gasteiger partial charge in [-0.05, 0) is 24.0 Å². The quantitative estimate of drug-likeness (QED) is 0.882. The van der Waals surface area contributed by atoms with E-state index in [1.54, 1.807) is 14.2 Å². The maximum atomic E-state index is 6.28.